The third kappa shape index (κ3) is 2.07. The molecule has 0 amide bonds. The zero-order valence-electron chi connectivity index (χ0n) is 8.19. The molecule has 2 rings (SSSR count). The lowest BCUT2D eigenvalue weighted by molar-refractivity contribution is 0.119. The highest BCUT2D eigenvalue weighted by atomic mass is 16.3. The average Bonchev–Trinajstić information content (AvgIpc) is 2.18. The minimum Gasteiger partial charge on any atom is -0.508 e. The summed E-state index contributed by atoms with van der Waals surface area (Å²) in [5.74, 6) is 0.744. The van der Waals surface area contributed by atoms with Crippen LogP contribution in [0, 0.1) is 0 Å². The number of aromatic hydroxyl groups is 1. The molecule has 1 aliphatic carbocycles. The van der Waals surface area contributed by atoms with Crippen LogP contribution in [0.25, 0.3) is 0 Å². The maximum Gasteiger partial charge on any atom is 0.115 e. The molecular formula is C12H16O2. The van der Waals surface area contributed by atoms with Gasteiger partial charge in [-0.15, -0.1) is 0 Å². The average molecular weight is 192 g/mol. The smallest absolute Gasteiger partial charge is 0.115 e. The van der Waals surface area contributed by atoms with Gasteiger partial charge in [-0.2, -0.15) is 0 Å². The fourth-order valence-corrected chi connectivity index (χ4v) is 2.25. The molecule has 0 bridgehead atoms. The van der Waals surface area contributed by atoms with Crippen molar-refractivity contribution in [2.24, 2.45) is 0 Å². The number of rotatable bonds is 1. The van der Waals surface area contributed by atoms with Crippen LogP contribution in [-0.4, -0.2) is 16.3 Å². The van der Waals surface area contributed by atoms with Crippen molar-refractivity contribution in [1.82, 2.24) is 0 Å². The van der Waals surface area contributed by atoms with E-state index in [-0.39, 0.29) is 6.10 Å². The van der Waals surface area contributed by atoms with Crippen molar-refractivity contribution in [2.45, 2.75) is 37.7 Å². The van der Waals surface area contributed by atoms with Crippen molar-refractivity contribution in [2.75, 3.05) is 0 Å². The Morgan fingerprint density at radius 1 is 1.21 bits per heavy atom. The lowest BCUT2D eigenvalue weighted by Gasteiger charge is -2.26. The van der Waals surface area contributed by atoms with E-state index in [0.717, 1.165) is 31.2 Å². The Morgan fingerprint density at radius 3 is 2.79 bits per heavy atom. The van der Waals surface area contributed by atoms with Crippen LogP contribution >= 0.6 is 0 Å². The second-order valence-electron chi connectivity index (χ2n) is 4.11. The van der Waals surface area contributed by atoms with Gasteiger partial charge in [0.15, 0.2) is 0 Å². The number of aliphatic hydroxyl groups excluding tert-OH is 1. The topological polar surface area (TPSA) is 40.5 Å². The Labute approximate surface area is 84.2 Å². The van der Waals surface area contributed by atoms with Crippen molar-refractivity contribution in [3.63, 3.8) is 0 Å². The van der Waals surface area contributed by atoms with Gasteiger partial charge in [0.2, 0.25) is 0 Å². The first-order valence-electron chi connectivity index (χ1n) is 5.22. The first kappa shape index (κ1) is 9.53. The van der Waals surface area contributed by atoms with Gasteiger partial charge in [-0.25, -0.2) is 0 Å². The van der Waals surface area contributed by atoms with Gasteiger partial charge in [0, 0.05) is 0 Å². The second-order valence-corrected chi connectivity index (χ2v) is 4.11. The molecular weight excluding hydrogens is 176 g/mol. The van der Waals surface area contributed by atoms with E-state index in [4.69, 9.17) is 0 Å². The van der Waals surface area contributed by atoms with E-state index in [1.165, 1.54) is 0 Å². The van der Waals surface area contributed by atoms with Crippen LogP contribution in [-0.2, 0) is 0 Å². The Kier molecular flexibility index (Phi) is 2.73. The molecule has 0 saturated heterocycles. The number of benzene rings is 1. The van der Waals surface area contributed by atoms with Crippen LogP contribution in [0.2, 0.25) is 0 Å². The third-order valence-electron chi connectivity index (χ3n) is 2.99. The molecule has 2 atom stereocenters. The van der Waals surface area contributed by atoms with E-state index >= 15 is 0 Å². The molecule has 0 heterocycles. The molecule has 14 heavy (non-hydrogen) atoms. The molecule has 2 N–H and O–H groups in total. The van der Waals surface area contributed by atoms with Crippen LogP contribution in [0.1, 0.15) is 37.2 Å². The highest BCUT2D eigenvalue weighted by molar-refractivity contribution is 5.30. The molecule has 0 radical (unpaired) electrons. The molecule has 1 aromatic carbocycles. The largest absolute Gasteiger partial charge is 0.508 e. The number of hydrogen-bond donors (Lipinski definition) is 2. The summed E-state index contributed by atoms with van der Waals surface area (Å²) in [6.45, 7) is 0. The molecule has 1 fully saturated rings. The van der Waals surface area contributed by atoms with Crippen molar-refractivity contribution in [3.8, 4) is 5.75 Å². The lowest BCUT2D eigenvalue weighted by Crippen LogP contribution is -2.17. The zero-order chi connectivity index (χ0) is 9.97. The molecule has 0 spiro atoms. The van der Waals surface area contributed by atoms with Crippen LogP contribution in [0.5, 0.6) is 5.75 Å². The van der Waals surface area contributed by atoms with E-state index in [0.29, 0.717) is 11.7 Å². The van der Waals surface area contributed by atoms with Crippen LogP contribution in [0.3, 0.4) is 0 Å². The molecule has 2 heteroatoms. The highest BCUT2D eigenvalue weighted by Crippen LogP contribution is 2.33. The van der Waals surface area contributed by atoms with Gasteiger partial charge in [0.1, 0.15) is 5.75 Å². The van der Waals surface area contributed by atoms with Crippen molar-refractivity contribution >= 4 is 0 Å². The first-order chi connectivity index (χ1) is 6.75. The van der Waals surface area contributed by atoms with Crippen molar-refractivity contribution < 1.29 is 10.2 Å². The monoisotopic (exact) mass is 192 g/mol. The number of phenols is 1. The van der Waals surface area contributed by atoms with E-state index < -0.39 is 0 Å². The normalized spacial score (nSPS) is 27.5. The van der Waals surface area contributed by atoms with Crippen molar-refractivity contribution in [3.05, 3.63) is 29.8 Å². The first-order valence-corrected chi connectivity index (χ1v) is 5.22. The molecule has 1 saturated carbocycles. The van der Waals surface area contributed by atoms with E-state index in [1.54, 1.807) is 6.07 Å². The minimum absolute atomic E-state index is 0.156. The summed E-state index contributed by atoms with van der Waals surface area (Å²) in [6, 6.07) is 7.39. The summed E-state index contributed by atoms with van der Waals surface area (Å²) in [6.07, 6.45) is 3.82. The van der Waals surface area contributed by atoms with E-state index in [2.05, 4.69) is 0 Å². The van der Waals surface area contributed by atoms with E-state index in [9.17, 15) is 10.2 Å². The number of hydrogen-bond acceptors (Lipinski definition) is 2. The summed E-state index contributed by atoms with van der Waals surface area (Å²) in [5, 5.41) is 18.9. The van der Waals surface area contributed by atoms with Gasteiger partial charge in [-0.05, 0) is 42.9 Å². The zero-order valence-corrected chi connectivity index (χ0v) is 8.19. The summed E-state index contributed by atoms with van der Waals surface area (Å²) in [5.41, 5.74) is 1.16. The number of phenolic OH excluding ortho intramolecular Hbond substituents is 1. The fourth-order valence-electron chi connectivity index (χ4n) is 2.25. The fraction of sp³-hybridized carbons (Fsp3) is 0.500. The Bertz CT molecular complexity index is 309. The molecule has 2 nitrogen and oxygen atoms in total. The number of aliphatic hydroxyl groups is 1. The Balaban J connectivity index is 2.14. The van der Waals surface area contributed by atoms with Gasteiger partial charge < -0.3 is 10.2 Å². The predicted octanol–water partition coefficient (Wildman–Crippen LogP) is 2.41. The van der Waals surface area contributed by atoms with Gasteiger partial charge in [-0.1, -0.05) is 18.6 Å². The summed E-state index contributed by atoms with van der Waals surface area (Å²) < 4.78 is 0. The Morgan fingerprint density at radius 2 is 2.07 bits per heavy atom. The third-order valence-corrected chi connectivity index (χ3v) is 2.99. The molecule has 76 valence electrons. The van der Waals surface area contributed by atoms with Crippen LogP contribution in [0.15, 0.2) is 24.3 Å². The van der Waals surface area contributed by atoms with Gasteiger partial charge in [0.25, 0.3) is 0 Å². The standard InChI is InChI=1S/C12H16O2/c13-11-5-1-3-9(7-11)10-4-2-6-12(14)8-10/h1,3,5,7,10,12-14H,2,4,6,8H2. The maximum absolute atomic E-state index is 9.55. The molecule has 1 aliphatic rings. The SMILES string of the molecule is Oc1cccc(C2CCCC(O)C2)c1. The summed E-state index contributed by atoms with van der Waals surface area (Å²) in [7, 11) is 0. The van der Waals surface area contributed by atoms with Crippen LogP contribution < -0.4 is 0 Å². The summed E-state index contributed by atoms with van der Waals surface area (Å²) >= 11 is 0. The van der Waals surface area contributed by atoms with E-state index in [1.807, 2.05) is 18.2 Å². The molecule has 0 aromatic heterocycles. The van der Waals surface area contributed by atoms with Gasteiger partial charge in [-0.3, -0.25) is 0 Å². The Hall–Kier alpha value is -1.02. The quantitative estimate of drug-likeness (QED) is 0.717. The predicted molar refractivity (Wildman–Crippen MR) is 55.3 cm³/mol. The molecule has 0 aliphatic heterocycles. The van der Waals surface area contributed by atoms with Crippen molar-refractivity contribution in [1.29, 1.82) is 0 Å². The summed E-state index contributed by atoms with van der Waals surface area (Å²) in [4.78, 5) is 0. The van der Waals surface area contributed by atoms with Gasteiger partial charge >= 0.3 is 0 Å². The lowest BCUT2D eigenvalue weighted by atomic mass is 9.82. The maximum atomic E-state index is 9.55. The minimum atomic E-state index is -0.156. The highest BCUT2D eigenvalue weighted by Gasteiger charge is 2.21. The molecule has 2 unspecified atom stereocenters. The second kappa shape index (κ2) is 4.01. The van der Waals surface area contributed by atoms with Gasteiger partial charge in [0.05, 0.1) is 6.10 Å². The molecule has 1 aromatic rings. The van der Waals surface area contributed by atoms with Crippen LogP contribution in [0.4, 0.5) is 0 Å².